The lowest BCUT2D eigenvalue weighted by atomic mass is 10.0. The summed E-state index contributed by atoms with van der Waals surface area (Å²) in [5.74, 6) is -4.48. The van der Waals surface area contributed by atoms with Crippen LogP contribution in [0.25, 0.3) is 0 Å². The number of carboxylic acid groups (broad SMARTS) is 1. The van der Waals surface area contributed by atoms with Gasteiger partial charge in [0.25, 0.3) is 0 Å². The predicted octanol–water partition coefficient (Wildman–Crippen LogP) is 2.75. The minimum Gasteiger partial charge on any atom is -0.475 e. The number of carboxylic acids is 1. The molecule has 0 radical (unpaired) electrons. The van der Waals surface area contributed by atoms with Gasteiger partial charge in [-0.05, 0) is 48.1 Å². The van der Waals surface area contributed by atoms with E-state index in [2.05, 4.69) is 4.72 Å². The Morgan fingerprint density at radius 2 is 1.61 bits per heavy atom. The fourth-order valence-electron chi connectivity index (χ4n) is 3.58. The lowest BCUT2D eigenvalue weighted by Crippen LogP contribution is -2.46. The van der Waals surface area contributed by atoms with Crippen LogP contribution in [0.3, 0.4) is 0 Å². The Bertz CT molecular complexity index is 1240. The quantitative estimate of drug-likeness (QED) is 0.201. The number of aliphatic hydroxyl groups excluding tert-OH is 1. The Balaban J connectivity index is 0.00000106. The fraction of sp³-hybridized carbons (Fsp3) is 0.462. The number of rotatable bonds is 13. The molecular formula is C26H34F5N3O6S. The lowest BCUT2D eigenvalue weighted by Gasteiger charge is -2.28. The molecule has 0 aliphatic rings. The molecule has 0 heterocycles. The Morgan fingerprint density at radius 3 is 2.12 bits per heavy atom. The number of aliphatic hydroxyl groups is 1. The number of nitrogens with zero attached hydrogens (tertiary/aromatic N) is 1. The number of aliphatic carboxylic acids is 1. The van der Waals surface area contributed by atoms with Gasteiger partial charge in [-0.15, -0.1) is 0 Å². The summed E-state index contributed by atoms with van der Waals surface area (Å²) in [6.45, 7) is 2.31. The van der Waals surface area contributed by atoms with E-state index in [9.17, 15) is 40.3 Å². The zero-order chi connectivity index (χ0) is 31.4. The van der Waals surface area contributed by atoms with Gasteiger partial charge in [-0.3, -0.25) is 4.79 Å². The molecule has 0 saturated carbocycles. The average molecular weight is 612 g/mol. The summed E-state index contributed by atoms with van der Waals surface area (Å²) in [4.78, 5) is 23.3. The van der Waals surface area contributed by atoms with Gasteiger partial charge in [0, 0.05) is 38.2 Å². The van der Waals surface area contributed by atoms with E-state index in [0.717, 1.165) is 42.0 Å². The van der Waals surface area contributed by atoms with Crippen molar-refractivity contribution in [1.29, 1.82) is 0 Å². The van der Waals surface area contributed by atoms with Crippen molar-refractivity contribution >= 4 is 21.9 Å². The summed E-state index contributed by atoms with van der Waals surface area (Å²) >= 11 is 0. The molecule has 0 fully saturated rings. The van der Waals surface area contributed by atoms with E-state index in [0.29, 0.717) is 12.0 Å². The highest BCUT2D eigenvalue weighted by molar-refractivity contribution is 7.88. The van der Waals surface area contributed by atoms with E-state index in [4.69, 9.17) is 15.6 Å². The SMILES string of the molecule is CCc1cccc(CN(C[C@@H](O)[C@@H](N)Cc2cc(F)cc(F)c2)C(=O)CCCNS(C)(=O)=O)c1.O=C(O)C(F)(F)F. The second kappa shape index (κ2) is 16.3. The number of aryl methyl sites for hydroxylation is 1. The highest BCUT2D eigenvalue weighted by atomic mass is 32.2. The second-order valence-corrected chi connectivity index (χ2v) is 11.1. The Morgan fingerprint density at radius 1 is 1.05 bits per heavy atom. The van der Waals surface area contributed by atoms with E-state index in [1.807, 2.05) is 31.2 Å². The maximum atomic E-state index is 13.5. The van der Waals surface area contributed by atoms with E-state index in [1.165, 1.54) is 4.90 Å². The standard InChI is InChI=1S/C24H33F2N3O4S.C2HF3O2/c1-3-17-6-4-7-18(10-17)15-29(24(31)8-5-9-28-34(2,32)33)16-23(30)22(27)13-19-11-20(25)14-21(26)12-19;3-2(4,5)1(6)7/h4,6-7,10-12,14,22-23,28,30H,3,5,8-9,13,15-16,27H2,1-2H3;(H,6,7)/t22-,23+;/m0./s1. The van der Waals surface area contributed by atoms with Crippen LogP contribution in [0.2, 0.25) is 0 Å². The minimum atomic E-state index is -5.08. The molecule has 0 spiro atoms. The maximum Gasteiger partial charge on any atom is 0.490 e. The van der Waals surface area contributed by atoms with Crippen molar-refractivity contribution < 1.29 is 50.2 Å². The van der Waals surface area contributed by atoms with Crippen LogP contribution in [0, 0.1) is 11.6 Å². The van der Waals surface area contributed by atoms with Crippen molar-refractivity contribution in [1.82, 2.24) is 9.62 Å². The topological polar surface area (TPSA) is 150 Å². The van der Waals surface area contributed by atoms with E-state index in [-0.39, 0.29) is 38.4 Å². The van der Waals surface area contributed by atoms with Gasteiger partial charge in [0.1, 0.15) is 11.6 Å². The van der Waals surface area contributed by atoms with Gasteiger partial charge in [-0.25, -0.2) is 26.7 Å². The number of benzene rings is 2. The van der Waals surface area contributed by atoms with E-state index < -0.39 is 45.9 Å². The number of hydrogen-bond acceptors (Lipinski definition) is 6. The molecule has 0 aromatic heterocycles. The van der Waals surface area contributed by atoms with Crippen LogP contribution >= 0.6 is 0 Å². The van der Waals surface area contributed by atoms with Gasteiger partial charge in [0.05, 0.1) is 12.4 Å². The summed E-state index contributed by atoms with van der Waals surface area (Å²) < 4.78 is 83.5. The van der Waals surface area contributed by atoms with Crippen LogP contribution in [0.4, 0.5) is 22.0 Å². The highest BCUT2D eigenvalue weighted by Gasteiger charge is 2.38. The number of carbonyl (C=O) groups excluding carboxylic acids is 1. The van der Waals surface area contributed by atoms with Crippen LogP contribution in [-0.4, -0.2) is 73.1 Å². The molecule has 5 N–H and O–H groups in total. The predicted molar refractivity (Wildman–Crippen MR) is 141 cm³/mol. The van der Waals surface area contributed by atoms with Crippen LogP contribution in [-0.2, 0) is 39.0 Å². The van der Waals surface area contributed by atoms with Gasteiger partial charge < -0.3 is 20.8 Å². The molecule has 1 amide bonds. The van der Waals surface area contributed by atoms with Crippen molar-refractivity contribution in [2.45, 2.75) is 57.5 Å². The molecule has 2 atom stereocenters. The molecule has 0 aliphatic carbocycles. The number of sulfonamides is 1. The number of nitrogens with two attached hydrogens (primary N) is 1. The summed E-state index contributed by atoms with van der Waals surface area (Å²) in [7, 11) is -3.35. The molecule has 15 heteroatoms. The molecular weight excluding hydrogens is 577 g/mol. The molecule has 0 bridgehead atoms. The zero-order valence-electron chi connectivity index (χ0n) is 22.5. The molecule has 0 saturated heterocycles. The number of halogens is 5. The Labute approximate surface area is 235 Å². The van der Waals surface area contributed by atoms with Crippen molar-refractivity contribution in [2.75, 3.05) is 19.3 Å². The third-order valence-electron chi connectivity index (χ3n) is 5.60. The highest BCUT2D eigenvalue weighted by Crippen LogP contribution is 2.15. The normalized spacial score (nSPS) is 13.1. The first-order valence-corrected chi connectivity index (χ1v) is 14.3. The molecule has 0 aliphatic heterocycles. The summed E-state index contributed by atoms with van der Waals surface area (Å²) in [6, 6.07) is 9.95. The van der Waals surface area contributed by atoms with Crippen molar-refractivity contribution in [3.63, 3.8) is 0 Å². The van der Waals surface area contributed by atoms with Gasteiger partial charge in [0.15, 0.2) is 0 Å². The van der Waals surface area contributed by atoms with Gasteiger partial charge in [-0.1, -0.05) is 31.2 Å². The first-order chi connectivity index (χ1) is 18.9. The van der Waals surface area contributed by atoms with Gasteiger partial charge in [-0.2, -0.15) is 13.2 Å². The first-order valence-electron chi connectivity index (χ1n) is 12.4. The van der Waals surface area contributed by atoms with E-state index in [1.54, 1.807) is 0 Å². The average Bonchev–Trinajstić information content (AvgIpc) is 2.84. The van der Waals surface area contributed by atoms with Crippen LogP contribution in [0.15, 0.2) is 42.5 Å². The van der Waals surface area contributed by atoms with Crippen LogP contribution in [0.5, 0.6) is 0 Å². The molecule has 0 unspecified atom stereocenters. The lowest BCUT2D eigenvalue weighted by molar-refractivity contribution is -0.192. The molecule has 41 heavy (non-hydrogen) atoms. The zero-order valence-corrected chi connectivity index (χ0v) is 23.3. The molecule has 230 valence electrons. The van der Waals surface area contributed by atoms with Gasteiger partial charge in [0.2, 0.25) is 15.9 Å². The third-order valence-corrected chi connectivity index (χ3v) is 6.32. The Hall–Kier alpha value is -3.14. The number of amides is 1. The van der Waals surface area contributed by atoms with Crippen LogP contribution in [0.1, 0.15) is 36.5 Å². The smallest absolute Gasteiger partial charge is 0.475 e. The first kappa shape index (κ1) is 35.9. The summed E-state index contributed by atoms with van der Waals surface area (Å²) in [5, 5.41) is 17.8. The third kappa shape index (κ3) is 14.9. The van der Waals surface area contributed by atoms with E-state index >= 15 is 0 Å². The number of nitrogens with one attached hydrogen (secondary N) is 1. The number of carbonyl (C=O) groups is 2. The molecule has 2 rings (SSSR count). The minimum absolute atomic E-state index is 0.0292. The van der Waals surface area contributed by atoms with Gasteiger partial charge >= 0.3 is 12.1 Å². The summed E-state index contributed by atoms with van der Waals surface area (Å²) in [5.41, 5.74) is 8.39. The second-order valence-electron chi connectivity index (χ2n) is 9.23. The fourth-order valence-corrected chi connectivity index (χ4v) is 4.09. The molecule has 9 nitrogen and oxygen atoms in total. The maximum absolute atomic E-state index is 13.5. The number of alkyl halides is 3. The van der Waals surface area contributed by atoms with Crippen LogP contribution < -0.4 is 10.5 Å². The Kier molecular flexibility index (Phi) is 14.3. The monoisotopic (exact) mass is 611 g/mol. The largest absolute Gasteiger partial charge is 0.490 e. The molecule has 2 aromatic carbocycles. The molecule has 2 aromatic rings. The summed E-state index contributed by atoms with van der Waals surface area (Å²) in [6.07, 6.45) is -3.95. The number of hydrogen-bond donors (Lipinski definition) is 4. The van der Waals surface area contributed by atoms with Crippen molar-refractivity contribution in [2.24, 2.45) is 5.73 Å². The van der Waals surface area contributed by atoms with Crippen molar-refractivity contribution in [3.05, 3.63) is 70.8 Å². The van der Waals surface area contributed by atoms with Crippen molar-refractivity contribution in [3.8, 4) is 0 Å².